The van der Waals surface area contributed by atoms with Gasteiger partial charge in [0, 0.05) is 19.6 Å². The van der Waals surface area contributed by atoms with E-state index in [4.69, 9.17) is 0 Å². The lowest BCUT2D eigenvalue weighted by Crippen LogP contribution is -2.30. The molecule has 0 aromatic rings. The van der Waals surface area contributed by atoms with Crippen molar-refractivity contribution in [3.05, 3.63) is 0 Å². The van der Waals surface area contributed by atoms with Crippen molar-refractivity contribution in [2.75, 3.05) is 26.2 Å². The Balaban J connectivity index is 1.77. The van der Waals surface area contributed by atoms with Crippen LogP contribution in [0.1, 0.15) is 45.4 Å². The first-order chi connectivity index (χ1) is 7.33. The van der Waals surface area contributed by atoms with Crippen LogP contribution < -0.4 is 5.32 Å². The summed E-state index contributed by atoms with van der Waals surface area (Å²) in [6, 6.07) is 0. The van der Waals surface area contributed by atoms with E-state index in [0.717, 1.165) is 26.1 Å². The fourth-order valence-corrected chi connectivity index (χ4v) is 1.62. The second-order valence-corrected chi connectivity index (χ2v) is 4.39. The summed E-state index contributed by atoms with van der Waals surface area (Å²) in [7, 11) is 0. The number of carbonyl (C=O) groups excluding carboxylic acids is 1. The third kappa shape index (κ3) is 7.37. The molecule has 88 valence electrons. The SMILES string of the molecule is CCCCCCCCNC(=O)CN1CC1. The van der Waals surface area contributed by atoms with Crippen molar-refractivity contribution in [3.8, 4) is 0 Å². The zero-order chi connectivity index (χ0) is 10.9. The Hall–Kier alpha value is -0.570. The van der Waals surface area contributed by atoms with Crippen LogP contribution in [-0.2, 0) is 4.79 Å². The van der Waals surface area contributed by atoms with Gasteiger partial charge in [-0.3, -0.25) is 9.69 Å². The van der Waals surface area contributed by atoms with E-state index in [1.165, 1.54) is 32.1 Å². The average molecular weight is 212 g/mol. The fraction of sp³-hybridized carbons (Fsp3) is 0.917. The lowest BCUT2D eigenvalue weighted by atomic mass is 10.1. The number of amides is 1. The molecule has 0 aliphatic carbocycles. The van der Waals surface area contributed by atoms with E-state index in [1.54, 1.807) is 0 Å². The number of nitrogens with one attached hydrogen (secondary N) is 1. The van der Waals surface area contributed by atoms with E-state index >= 15 is 0 Å². The molecule has 0 unspecified atom stereocenters. The molecule has 1 heterocycles. The molecule has 0 bridgehead atoms. The number of nitrogens with zero attached hydrogens (tertiary/aromatic N) is 1. The van der Waals surface area contributed by atoms with Crippen LogP contribution in [0.4, 0.5) is 0 Å². The number of unbranched alkanes of at least 4 members (excludes halogenated alkanes) is 5. The summed E-state index contributed by atoms with van der Waals surface area (Å²) in [6.07, 6.45) is 7.70. The van der Waals surface area contributed by atoms with Crippen LogP contribution in [-0.4, -0.2) is 37.0 Å². The molecule has 0 spiro atoms. The standard InChI is InChI=1S/C12H24N2O/c1-2-3-4-5-6-7-8-13-12(15)11-14-9-10-14/h2-11H2,1H3,(H,13,15). The second-order valence-electron chi connectivity index (χ2n) is 4.39. The highest BCUT2D eigenvalue weighted by molar-refractivity contribution is 5.78. The number of rotatable bonds is 9. The van der Waals surface area contributed by atoms with Gasteiger partial charge >= 0.3 is 0 Å². The number of carbonyl (C=O) groups is 1. The summed E-state index contributed by atoms with van der Waals surface area (Å²) >= 11 is 0. The molecule has 0 aromatic heterocycles. The van der Waals surface area contributed by atoms with Gasteiger partial charge in [0.25, 0.3) is 0 Å². The van der Waals surface area contributed by atoms with Gasteiger partial charge < -0.3 is 5.32 Å². The fourth-order valence-electron chi connectivity index (χ4n) is 1.62. The normalized spacial score (nSPS) is 15.3. The van der Waals surface area contributed by atoms with Crippen LogP contribution in [0, 0.1) is 0 Å². The average Bonchev–Trinajstić information content (AvgIpc) is 3.00. The molecule has 1 fully saturated rings. The minimum Gasteiger partial charge on any atom is -0.355 e. The van der Waals surface area contributed by atoms with Gasteiger partial charge in [-0.25, -0.2) is 0 Å². The van der Waals surface area contributed by atoms with Gasteiger partial charge in [0.1, 0.15) is 0 Å². The van der Waals surface area contributed by atoms with Crippen LogP contribution in [0.2, 0.25) is 0 Å². The molecule has 1 amide bonds. The van der Waals surface area contributed by atoms with Crippen molar-refractivity contribution < 1.29 is 4.79 Å². The van der Waals surface area contributed by atoms with Gasteiger partial charge in [-0.2, -0.15) is 0 Å². The van der Waals surface area contributed by atoms with Crippen molar-refractivity contribution in [1.82, 2.24) is 10.2 Å². The Bertz CT molecular complexity index is 178. The van der Waals surface area contributed by atoms with E-state index in [2.05, 4.69) is 17.1 Å². The molecule has 0 saturated carbocycles. The molecule has 1 N–H and O–H groups in total. The van der Waals surface area contributed by atoms with Gasteiger partial charge in [0.05, 0.1) is 6.54 Å². The van der Waals surface area contributed by atoms with Crippen molar-refractivity contribution in [1.29, 1.82) is 0 Å². The summed E-state index contributed by atoms with van der Waals surface area (Å²) in [5.41, 5.74) is 0. The molecule has 3 nitrogen and oxygen atoms in total. The van der Waals surface area contributed by atoms with E-state index in [9.17, 15) is 4.79 Å². The summed E-state index contributed by atoms with van der Waals surface area (Å²) in [5, 5.41) is 2.96. The Morgan fingerprint density at radius 1 is 1.13 bits per heavy atom. The minimum absolute atomic E-state index is 0.195. The third-order valence-electron chi connectivity index (χ3n) is 2.76. The second kappa shape index (κ2) is 7.69. The number of hydrogen-bond donors (Lipinski definition) is 1. The maximum Gasteiger partial charge on any atom is 0.234 e. The van der Waals surface area contributed by atoms with Gasteiger partial charge in [-0.15, -0.1) is 0 Å². The first-order valence-corrected chi connectivity index (χ1v) is 6.32. The Morgan fingerprint density at radius 2 is 1.80 bits per heavy atom. The molecule has 15 heavy (non-hydrogen) atoms. The highest BCUT2D eigenvalue weighted by atomic mass is 16.2. The van der Waals surface area contributed by atoms with Gasteiger partial charge in [-0.1, -0.05) is 39.0 Å². The monoisotopic (exact) mass is 212 g/mol. The first kappa shape index (κ1) is 12.5. The largest absolute Gasteiger partial charge is 0.355 e. The van der Waals surface area contributed by atoms with Crippen LogP contribution >= 0.6 is 0 Å². The molecule has 0 radical (unpaired) electrons. The van der Waals surface area contributed by atoms with E-state index in [-0.39, 0.29) is 5.91 Å². The molecule has 0 atom stereocenters. The van der Waals surface area contributed by atoms with Crippen LogP contribution in [0.5, 0.6) is 0 Å². The van der Waals surface area contributed by atoms with Crippen molar-refractivity contribution >= 4 is 5.91 Å². The van der Waals surface area contributed by atoms with Crippen LogP contribution in [0.25, 0.3) is 0 Å². The predicted octanol–water partition coefficient (Wildman–Crippen LogP) is 1.78. The Labute approximate surface area is 93.2 Å². The van der Waals surface area contributed by atoms with Crippen LogP contribution in [0.3, 0.4) is 0 Å². The zero-order valence-electron chi connectivity index (χ0n) is 9.93. The summed E-state index contributed by atoms with van der Waals surface area (Å²) in [5.74, 6) is 0.195. The lowest BCUT2D eigenvalue weighted by molar-refractivity contribution is -0.121. The zero-order valence-corrected chi connectivity index (χ0v) is 9.93. The van der Waals surface area contributed by atoms with Gasteiger partial charge in [0.15, 0.2) is 0 Å². The smallest absolute Gasteiger partial charge is 0.234 e. The Kier molecular flexibility index (Phi) is 6.41. The topological polar surface area (TPSA) is 32.1 Å². The molecule has 1 aliphatic rings. The number of hydrogen-bond acceptors (Lipinski definition) is 2. The molecular formula is C12H24N2O. The van der Waals surface area contributed by atoms with Crippen LogP contribution in [0.15, 0.2) is 0 Å². The summed E-state index contributed by atoms with van der Waals surface area (Å²) in [6.45, 7) is 5.90. The van der Waals surface area contributed by atoms with Gasteiger partial charge in [-0.05, 0) is 6.42 Å². The maximum atomic E-state index is 11.3. The third-order valence-corrected chi connectivity index (χ3v) is 2.76. The van der Waals surface area contributed by atoms with Crippen molar-refractivity contribution in [2.45, 2.75) is 45.4 Å². The van der Waals surface area contributed by atoms with Gasteiger partial charge in [0.2, 0.25) is 5.91 Å². The molecule has 3 heteroatoms. The molecule has 1 saturated heterocycles. The van der Waals surface area contributed by atoms with Crippen molar-refractivity contribution in [3.63, 3.8) is 0 Å². The van der Waals surface area contributed by atoms with E-state index in [0.29, 0.717) is 6.54 Å². The van der Waals surface area contributed by atoms with E-state index in [1.807, 2.05) is 0 Å². The molecular weight excluding hydrogens is 188 g/mol. The highest BCUT2D eigenvalue weighted by Gasteiger charge is 2.19. The summed E-state index contributed by atoms with van der Waals surface area (Å²) < 4.78 is 0. The molecule has 0 aromatic carbocycles. The lowest BCUT2D eigenvalue weighted by Gasteiger charge is -2.05. The minimum atomic E-state index is 0.195. The molecule has 1 aliphatic heterocycles. The maximum absolute atomic E-state index is 11.3. The Morgan fingerprint density at radius 3 is 2.47 bits per heavy atom. The predicted molar refractivity (Wildman–Crippen MR) is 62.8 cm³/mol. The summed E-state index contributed by atoms with van der Waals surface area (Å²) in [4.78, 5) is 13.4. The molecule has 1 rings (SSSR count). The highest BCUT2D eigenvalue weighted by Crippen LogP contribution is 2.04. The first-order valence-electron chi connectivity index (χ1n) is 6.32. The quantitative estimate of drug-likeness (QED) is 0.467. The van der Waals surface area contributed by atoms with E-state index < -0.39 is 0 Å². The van der Waals surface area contributed by atoms with Crippen molar-refractivity contribution in [2.24, 2.45) is 0 Å².